The van der Waals surface area contributed by atoms with Crippen LogP contribution < -0.4 is 5.32 Å². The van der Waals surface area contributed by atoms with Gasteiger partial charge in [-0.2, -0.15) is 0 Å². The van der Waals surface area contributed by atoms with Gasteiger partial charge in [-0.1, -0.05) is 0 Å². The van der Waals surface area contributed by atoms with Gasteiger partial charge in [0.2, 0.25) is 0 Å². The number of aromatic nitrogens is 2. The minimum absolute atomic E-state index is 0.0827. The average Bonchev–Trinajstić information content (AvgIpc) is 2.46. The summed E-state index contributed by atoms with van der Waals surface area (Å²) in [5.41, 5.74) is 0.608. The highest BCUT2D eigenvalue weighted by atomic mass is 19.1. The number of rotatable bonds is 5. The molecule has 7 heteroatoms. The van der Waals surface area contributed by atoms with Crippen molar-refractivity contribution in [1.29, 1.82) is 0 Å². The number of hydrogen-bond donors (Lipinski definition) is 1. The van der Waals surface area contributed by atoms with E-state index in [2.05, 4.69) is 20.0 Å². The van der Waals surface area contributed by atoms with E-state index in [1.165, 1.54) is 31.6 Å². The Labute approximate surface area is 120 Å². The zero-order valence-corrected chi connectivity index (χ0v) is 11.3. The summed E-state index contributed by atoms with van der Waals surface area (Å²) in [6.45, 7) is 0.391. The Morgan fingerprint density at radius 3 is 2.62 bits per heavy atom. The molecule has 2 aromatic rings. The molecule has 5 nitrogen and oxygen atoms in total. The van der Waals surface area contributed by atoms with Crippen LogP contribution in [0.15, 0.2) is 30.6 Å². The van der Waals surface area contributed by atoms with Crippen LogP contribution in [0.25, 0.3) is 0 Å². The Balaban J connectivity index is 1.95. The molecule has 0 aliphatic carbocycles. The molecule has 1 heterocycles. The predicted octanol–water partition coefficient (Wildman–Crippen LogP) is 2.20. The standard InChI is InChI=1S/C14H13F2N3O2/c1-21-14(20)12-7-17-8-13(19-12)18-3-2-9-4-10(15)6-11(16)5-9/h4-8H,2-3H2,1H3,(H,18,19). The molecule has 2 rings (SSSR count). The van der Waals surface area contributed by atoms with Crippen LogP contribution in [0, 0.1) is 11.6 Å². The minimum Gasteiger partial charge on any atom is -0.464 e. The van der Waals surface area contributed by atoms with Crippen molar-refractivity contribution in [2.45, 2.75) is 6.42 Å². The highest BCUT2D eigenvalue weighted by Gasteiger charge is 2.08. The van der Waals surface area contributed by atoms with Crippen molar-refractivity contribution in [3.8, 4) is 0 Å². The first-order chi connectivity index (χ1) is 10.1. The average molecular weight is 293 g/mol. The van der Waals surface area contributed by atoms with Crippen LogP contribution in [-0.2, 0) is 11.2 Å². The van der Waals surface area contributed by atoms with Gasteiger partial charge in [0.15, 0.2) is 5.69 Å². The number of carbonyl (C=O) groups excluding carboxylic acids is 1. The molecule has 0 aliphatic heterocycles. The lowest BCUT2D eigenvalue weighted by Crippen LogP contribution is -2.10. The molecule has 0 unspecified atom stereocenters. The van der Waals surface area contributed by atoms with Crippen molar-refractivity contribution >= 4 is 11.8 Å². The molecule has 110 valence electrons. The molecule has 0 spiro atoms. The number of methoxy groups -OCH3 is 1. The number of esters is 1. The number of nitrogens with one attached hydrogen (secondary N) is 1. The Morgan fingerprint density at radius 1 is 1.24 bits per heavy atom. The van der Waals surface area contributed by atoms with Crippen molar-refractivity contribution in [1.82, 2.24) is 9.97 Å². The van der Waals surface area contributed by atoms with Gasteiger partial charge in [0, 0.05) is 12.6 Å². The van der Waals surface area contributed by atoms with Gasteiger partial charge in [-0.25, -0.2) is 18.6 Å². The van der Waals surface area contributed by atoms with Crippen LogP contribution in [0.3, 0.4) is 0 Å². The molecular formula is C14H13F2N3O2. The van der Waals surface area contributed by atoms with Gasteiger partial charge in [0.25, 0.3) is 0 Å². The zero-order valence-electron chi connectivity index (χ0n) is 11.3. The lowest BCUT2D eigenvalue weighted by atomic mass is 10.1. The van der Waals surface area contributed by atoms with Gasteiger partial charge < -0.3 is 10.1 Å². The maximum absolute atomic E-state index is 13.0. The van der Waals surface area contributed by atoms with Crippen LogP contribution in [0.2, 0.25) is 0 Å². The largest absolute Gasteiger partial charge is 0.464 e. The highest BCUT2D eigenvalue weighted by molar-refractivity contribution is 5.87. The molecule has 0 saturated heterocycles. The summed E-state index contributed by atoms with van der Waals surface area (Å²) in [5, 5.41) is 2.93. The lowest BCUT2D eigenvalue weighted by molar-refractivity contribution is 0.0593. The zero-order chi connectivity index (χ0) is 15.2. The van der Waals surface area contributed by atoms with Crippen LogP contribution >= 0.6 is 0 Å². The summed E-state index contributed by atoms with van der Waals surface area (Å²) in [4.78, 5) is 19.2. The summed E-state index contributed by atoms with van der Waals surface area (Å²) < 4.78 is 30.6. The van der Waals surface area contributed by atoms with Gasteiger partial charge in [0.1, 0.15) is 17.5 Å². The van der Waals surface area contributed by atoms with Crippen molar-refractivity contribution in [2.24, 2.45) is 0 Å². The van der Waals surface area contributed by atoms with Crippen LogP contribution in [-0.4, -0.2) is 29.6 Å². The quantitative estimate of drug-likeness (QED) is 0.856. The third-order valence-corrected chi connectivity index (χ3v) is 2.67. The maximum Gasteiger partial charge on any atom is 0.358 e. The first-order valence-electron chi connectivity index (χ1n) is 6.17. The van der Waals surface area contributed by atoms with Gasteiger partial charge in [0.05, 0.1) is 19.5 Å². The summed E-state index contributed by atoms with van der Waals surface area (Å²) in [6, 6.07) is 3.35. The third kappa shape index (κ3) is 4.20. The Kier molecular flexibility index (Phi) is 4.76. The second kappa shape index (κ2) is 6.74. The fraction of sp³-hybridized carbons (Fsp3) is 0.214. The third-order valence-electron chi connectivity index (χ3n) is 2.67. The number of nitrogens with zero attached hydrogens (tertiary/aromatic N) is 2. The van der Waals surface area contributed by atoms with E-state index in [9.17, 15) is 13.6 Å². The Morgan fingerprint density at radius 2 is 1.95 bits per heavy atom. The summed E-state index contributed by atoms with van der Waals surface area (Å²) in [6.07, 6.45) is 3.14. The topological polar surface area (TPSA) is 64.1 Å². The van der Waals surface area contributed by atoms with E-state index in [0.717, 1.165) is 6.07 Å². The van der Waals surface area contributed by atoms with Crippen molar-refractivity contribution < 1.29 is 18.3 Å². The van der Waals surface area contributed by atoms with Crippen LogP contribution in [0.1, 0.15) is 16.1 Å². The number of anilines is 1. The lowest BCUT2D eigenvalue weighted by Gasteiger charge is -2.06. The van der Waals surface area contributed by atoms with Gasteiger partial charge in [-0.3, -0.25) is 4.98 Å². The van der Waals surface area contributed by atoms with E-state index >= 15 is 0 Å². The van der Waals surface area contributed by atoms with Gasteiger partial charge >= 0.3 is 5.97 Å². The molecule has 0 aliphatic rings. The van der Waals surface area contributed by atoms with E-state index in [1.54, 1.807) is 0 Å². The monoisotopic (exact) mass is 293 g/mol. The second-order valence-electron chi connectivity index (χ2n) is 4.24. The fourth-order valence-corrected chi connectivity index (χ4v) is 1.74. The molecule has 0 saturated carbocycles. The number of carbonyl (C=O) groups is 1. The van der Waals surface area contributed by atoms with Gasteiger partial charge in [-0.05, 0) is 24.1 Å². The highest BCUT2D eigenvalue weighted by Crippen LogP contribution is 2.09. The molecule has 0 amide bonds. The normalized spacial score (nSPS) is 10.2. The van der Waals surface area contributed by atoms with E-state index in [-0.39, 0.29) is 5.69 Å². The van der Waals surface area contributed by atoms with E-state index in [4.69, 9.17) is 0 Å². The SMILES string of the molecule is COC(=O)c1cncc(NCCc2cc(F)cc(F)c2)n1. The van der Waals surface area contributed by atoms with Gasteiger partial charge in [-0.15, -0.1) is 0 Å². The minimum atomic E-state index is -0.613. The molecule has 1 aromatic heterocycles. The van der Waals surface area contributed by atoms with Crippen molar-refractivity contribution in [3.63, 3.8) is 0 Å². The van der Waals surface area contributed by atoms with E-state index < -0.39 is 17.6 Å². The summed E-state index contributed by atoms with van der Waals surface area (Å²) >= 11 is 0. The Hall–Kier alpha value is -2.57. The smallest absolute Gasteiger partial charge is 0.358 e. The first-order valence-corrected chi connectivity index (χ1v) is 6.17. The Bertz CT molecular complexity index is 630. The van der Waals surface area contributed by atoms with Crippen molar-refractivity contribution in [2.75, 3.05) is 19.0 Å². The predicted molar refractivity (Wildman–Crippen MR) is 71.9 cm³/mol. The number of halogens is 2. The number of hydrogen-bond acceptors (Lipinski definition) is 5. The first kappa shape index (κ1) is 14.8. The van der Waals surface area contributed by atoms with E-state index in [0.29, 0.717) is 24.3 Å². The molecule has 1 N–H and O–H groups in total. The molecule has 0 bridgehead atoms. The molecule has 0 fully saturated rings. The molecule has 0 radical (unpaired) electrons. The fourth-order valence-electron chi connectivity index (χ4n) is 1.74. The van der Waals surface area contributed by atoms with Crippen LogP contribution in [0.5, 0.6) is 0 Å². The molecule has 21 heavy (non-hydrogen) atoms. The molecule has 0 atom stereocenters. The van der Waals surface area contributed by atoms with E-state index in [1.807, 2.05) is 0 Å². The number of benzene rings is 1. The maximum atomic E-state index is 13.0. The van der Waals surface area contributed by atoms with Crippen LogP contribution in [0.4, 0.5) is 14.6 Å². The molecular weight excluding hydrogens is 280 g/mol. The number of ether oxygens (including phenoxy) is 1. The summed E-state index contributed by atoms with van der Waals surface area (Å²) in [5.74, 6) is -1.43. The van der Waals surface area contributed by atoms with Crippen molar-refractivity contribution in [3.05, 3.63) is 53.5 Å². The molecule has 1 aromatic carbocycles. The summed E-state index contributed by atoms with van der Waals surface area (Å²) in [7, 11) is 1.25. The second-order valence-corrected chi connectivity index (χ2v) is 4.24.